The standard InChI is InChI=1S/C29H39NO9/c1-27(2,33)8-5-10-29(34,16-23(31)36-4)26(32)39-25-22(35-3)15-28-9-6-11-30(28)12-7-18-13-20-21(38-17-37-20)14-19(18)24(25)28/h13-15,24-25,33-34H,5-12,16-17H2,1-4H3/t24-,25?,28+,29?/m1/s1/i4D. The molecule has 0 radical (unpaired) electrons. The molecule has 0 aromatic heterocycles. The summed E-state index contributed by atoms with van der Waals surface area (Å²) in [5, 5.41) is 21.7. The van der Waals surface area contributed by atoms with Gasteiger partial charge in [-0.05, 0) is 88.3 Å². The van der Waals surface area contributed by atoms with Crippen molar-refractivity contribution in [3.63, 3.8) is 0 Å². The van der Waals surface area contributed by atoms with Crippen molar-refractivity contribution in [3.05, 3.63) is 35.1 Å². The summed E-state index contributed by atoms with van der Waals surface area (Å²) >= 11 is 0. The Hall–Kier alpha value is -2.82. The highest BCUT2D eigenvalue weighted by atomic mass is 16.7. The Balaban J connectivity index is 1.49. The first-order valence-corrected chi connectivity index (χ1v) is 13.5. The average molecular weight is 547 g/mol. The van der Waals surface area contributed by atoms with E-state index in [1.165, 1.54) is 7.11 Å². The number of aliphatic hydroxyl groups is 2. The maximum atomic E-state index is 13.8. The normalized spacial score (nSPS) is 27.3. The lowest BCUT2D eigenvalue weighted by Gasteiger charge is -2.39. The third-order valence-electron chi connectivity index (χ3n) is 8.55. The molecule has 3 heterocycles. The summed E-state index contributed by atoms with van der Waals surface area (Å²) in [4.78, 5) is 28.6. The van der Waals surface area contributed by atoms with Gasteiger partial charge in [0.05, 0.1) is 39.0 Å². The molecular weight excluding hydrogens is 506 g/mol. The lowest BCUT2D eigenvalue weighted by molar-refractivity contribution is -0.178. The summed E-state index contributed by atoms with van der Waals surface area (Å²) < 4.78 is 35.2. The predicted molar refractivity (Wildman–Crippen MR) is 139 cm³/mol. The molecule has 10 nitrogen and oxygen atoms in total. The van der Waals surface area contributed by atoms with Gasteiger partial charge in [0.2, 0.25) is 6.79 Å². The second-order valence-electron chi connectivity index (χ2n) is 11.7. The van der Waals surface area contributed by atoms with Gasteiger partial charge in [-0.25, -0.2) is 4.79 Å². The largest absolute Gasteiger partial charge is 0.497 e. The molecule has 5 rings (SSSR count). The Morgan fingerprint density at radius 2 is 1.97 bits per heavy atom. The third kappa shape index (κ3) is 5.10. The van der Waals surface area contributed by atoms with Crippen LogP contribution in [-0.2, 0) is 30.2 Å². The predicted octanol–water partition coefficient (Wildman–Crippen LogP) is 2.58. The second kappa shape index (κ2) is 10.3. The molecule has 1 saturated heterocycles. The van der Waals surface area contributed by atoms with Crippen molar-refractivity contribution >= 4 is 11.9 Å². The molecule has 10 heteroatoms. The van der Waals surface area contributed by atoms with Crippen molar-refractivity contribution in [1.29, 1.82) is 0 Å². The van der Waals surface area contributed by atoms with E-state index in [0.29, 0.717) is 23.7 Å². The first kappa shape index (κ1) is 26.4. The van der Waals surface area contributed by atoms with E-state index >= 15 is 0 Å². The molecule has 1 fully saturated rings. The Kier molecular flexibility index (Phi) is 6.97. The molecule has 0 saturated carbocycles. The van der Waals surface area contributed by atoms with Crippen LogP contribution in [0.2, 0.25) is 0 Å². The summed E-state index contributed by atoms with van der Waals surface area (Å²) in [6, 6.07) is 3.97. The van der Waals surface area contributed by atoms with E-state index in [4.69, 9.17) is 25.1 Å². The van der Waals surface area contributed by atoms with Gasteiger partial charge >= 0.3 is 11.9 Å². The van der Waals surface area contributed by atoms with Gasteiger partial charge in [-0.3, -0.25) is 9.69 Å². The van der Waals surface area contributed by atoms with Crippen molar-refractivity contribution in [3.8, 4) is 11.5 Å². The quantitative estimate of drug-likeness (QED) is 0.447. The lowest BCUT2D eigenvalue weighted by atomic mass is 9.77. The van der Waals surface area contributed by atoms with Crippen molar-refractivity contribution in [2.45, 2.75) is 87.6 Å². The van der Waals surface area contributed by atoms with Crippen LogP contribution in [0.1, 0.15) is 70.8 Å². The highest BCUT2D eigenvalue weighted by molar-refractivity contribution is 5.86. The lowest BCUT2D eigenvalue weighted by Crippen LogP contribution is -2.49. The van der Waals surface area contributed by atoms with E-state index in [2.05, 4.69) is 11.0 Å². The van der Waals surface area contributed by atoms with E-state index in [1.54, 1.807) is 13.8 Å². The number of hydrogen-bond donors (Lipinski definition) is 2. The van der Waals surface area contributed by atoms with Gasteiger partial charge in [-0.15, -0.1) is 0 Å². The van der Waals surface area contributed by atoms with Crippen molar-refractivity contribution in [2.24, 2.45) is 0 Å². The van der Waals surface area contributed by atoms with E-state index in [9.17, 15) is 19.8 Å². The van der Waals surface area contributed by atoms with Gasteiger partial charge < -0.3 is 33.9 Å². The van der Waals surface area contributed by atoms with E-state index in [0.717, 1.165) is 43.5 Å². The highest BCUT2D eigenvalue weighted by Crippen LogP contribution is 2.55. The molecule has 1 spiro atoms. The fourth-order valence-electron chi connectivity index (χ4n) is 6.69. The molecule has 39 heavy (non-hydrogen) atoms. The molecule has 2 N–H and O–H groups in total. The number of carbonyl (C=O) groups is 2. The highest BCUT2D eigenvalue weighted by Gasteiger charge is 2.59. The van der Waals surface area contributed by atoms with Crippen molar-refractivity contribution in [2.75, 3.05) is 34.1 Å². The first-order valence-electron chi connectivity index (χ1n) is 14.3. The summed E-state index contributed by atoms with van der Waals surface area (Å²) in [5.74, 6) is -0.359. The van der Waals surface area contributed by atoms with Crippen LogP contribution in [-0.4, -0.2) is 84.0 Å². The molecule has 0 bridgehead atoms. The van der Waals surface area contributed by atoms with Crippen LogP contribution in [0.3, 0.4) is 0 Å². The molecule has 2 unspecified atom stereocenters. The van der Waals surface area contributed by atoms with Gasteiger partial charge in [0.25, 0.3) is 0 Å². The topological polar surface area (TPSA) is 124 Å². The monoisotopic (exact) mass is 546 g/mol. The zero-order valence-electron chi connectivity index (χ0n) is 23.9. The second-order valence-corrected chi connectivity index (χ2v) is 11.7. The number of methoxy groups -OCH3 is 2. The number of fused-ring (bicyclic) bond motifs is 3. The number of esters is 2. The molecule has 1 aromatic carbocycles. The number of rotatable bonds is 9. The first-order chi connectivity index (χ1) is 19.0. The minimum atomic E-state index is -2.20. The summed E-state index contributed by atoms with van der Waals surface area (Å²) in [6.07, 6.45) is 3.58. The SMILES string of the molecule is [2H]COC(=O)CC(O)(CCCC(C)(C)O)C(=O)OC1C(OC)=C[C@]23CCCN2CCc2cc4c(cc2[C@H]13)OCO4. The average Bonchev–Trinajstić information content (AvgIpc) is 3.57. The van der Waals surface area contributed by atoms with Gasteiger partial charge in [0.1, 0.15) is 5.76 Å². The molecule has 1 aliphatic carbocycles. The molecule has 1 aromatic rings. The Morgan fingerprint density at radius 1 is 1.21 bits per heavy atom. The zero-order chi connectivity index (χ0) is 28.7. The molecule has 4 atom stereocenters. The minimum Gasteiger partial charge on any atom is -0.497 e. The smallest absolute Gasteiger partial charge is 0.339 e. The number of benzene rings is 1. The zero-order valence-corrected chi connectivity index (χ0v) is 22.9. The molecule has 4 aliphatic rings. The summed E-state index contributed by atoms with van der Waals surface area (Å²) in [7, 11) is 0.912. The van der Waals surface area contributed by atoms with Crippen LogP contribution in [0.15, 0.2) is 24.0 Å². The van der Waals surface area contributed by atoms with E-state index in [-0.39, 0.29) is 25.6 Å². The number of carbonyl (C=O) groups excluding carboxylic acids is 2. The van der Waals surface area contributed by atoms with Gasteiger partial charge in [-0.1, -0.05) is 0 Å². The maximum Gasteiger partial charge on any atom is 0.339 e. The van der Waals surface area contributed by atoms with Gasteiger partial charge in [-0.2, -0.15) is 0 Å². The number of ether oxygens (including phenoxy) is 5. The van der Waals surface area contributed by atoms with Gasteiger partial charge in [0, 0.05) is 6.54 Å². The summed E-state index contributed by atoms with van der Waals surface area (Å²) in [6.45, 7) is 5.12. The van der Waals surface area contributed by atoms with Crippen LogP contribution in [0, 0.1) is 0 Å². The van der Waals surface area contributed by atoms with Crippen molar-refractivity contribution in [1.82, 2.24) is 4.90 Å². The third-order valence-corrected chi connectivity index (χ3v) is 8.55. The fraction of sp³-hybridized carbons (Fsp3) is 0.655. The number of hydrogen-bond acceptors (Lipinski definition) is 10. The molecular formula is C29H39NO9. The Morgan fingerprint density at radius 3 is 2.69 bits per heavy atom. The van der Waals surface area contributed by atoms with Crippen LogP contribution < -0.4 is 9.47 Å². The van der Waals surface area contributed by atoms with Crippen LogP contribution in [0.25, 0.3) is 0 Å². The van der Waals surface area contributed by atoms with Gasteiger partial charge in [0.15, 0.2) is 23.2 Å². The van der Waals surface area contributed by atoms with Crippen LogP contribution in [0.4, 0.5) is 0 Å². The summed E-state index contributed by atoms with van der Waals surface area (Å²) in [5.41, 5.74) is -1.61. The van der Waals surface area contributed by atoms with E-state index in [1.807, 2.05) is 12.1 Å². The van der Waals surface area contributed by atoms with Crippen LogP contribution >= 0.6 is 0 Å². The van der Waals surface area contributed by atoms with E-state index < -0.39 is 48.3 Å². The van der Waals surface area contributed by atoms with Crippen LogP contribution in [0.5, 0.6) is 11.5 Å². The Labute approximate surface area is 230 Å². The Bertz CT molecular complexity index is 1180. The molecule has 214 valence electrons. The molecule has 3 aliphatic heterocycles. The maximum absolute atomic E-state index is 13.8. The fourth-order valence-corrected chi connectivity index (χ4v) is 6.69. The van der Waals surface area contributed by atoms with Crippen molar-refractivity contribution < 1.29 is 44.9 Å². The minimum absolute atomic E-state index is 0.126. The molecule has 0 amide bonds. The number of nitrogens with zero attached hydrogens (tertiary/aromatic N) is 1.